The number of carbonyl (C=O) groups excluding carboxylic acids is 1. The van der Waals surface area contributed by atoms with Crippen molar-refractivity contribution in [1.82, 2.24) is 10.2 Å². The molecule has 4 nitrogen and oxygen atoms in total. The van der Waals surface area contributed by atoms with Crippen LogP contribution < -0.4 is 11.1 Å². The molecule has 0 spiro atoms. The minimum Gasteiger partial charge on any atom is -0.329 e. The zero-order valence-electron chi connectivity index (χ0n) is 10.4. The standard InChI is InChI=1S/C13H18BrN3O/c1-9(15)6-7-17-8-12(16-13(17)18)10-2-4-11(14)5-3-10/h2-5,9,12H,6-8,15H2,1H3,(H,16,18). The molecule has 3 N–H and O–H groups in total. The van der Waals surface area contributed by atoms with Gasteiger partial charge < -0.3 is 16.0 Å². The molecule has 1 saturated heterocycles. The van der Waals surface area contributed by atoms with Crippen molar-refractivity contribution in [3.05, 3.63) is 34.3 Å². The number of amides is 2. The fourth-order valence-corrected chi connectivity index (χ4v) is 2.29. The molecule has 0 saturated carbocycles. The van der Waals surface area contributed by atoms with E-state index in [1.165, 1.54) is 0 Å². The van der Waals surface area contributed by atoms with Crippen molar-refractivity contribution in [3.63, 3.8) is 0 Å². The highest BCUT2D eigenvalue weighted by atomic mass is 79.9. The lowest BCUT2D eigenvalue weighted by Gasteiger charge is -2.15. The third kappa shape index (κ3) is 3.23. The van der Waals surface area contributed by atoms with Gasteiger partial charge in [0.05, 0.1) is 6.04 Å². The summed E-state index contributed by atoms with van der Waals surface area (Å²) >= 11 is 3.41. The third-order valence-corrected chi connectivity index (χ3v) is 3.64. The molecule has 98 valence electrons. The van der Waals surface area contributed by atoms with E-state index in [1.807, 2.05) is 36.1 Å². The van der Waals surface area contributed by atoms with E-state index in [4.69, 9.17) is 5.73 Å². The number of benzene rings is 1. The van der Waals surface area contributed by atoms with Gasteiger partial charge in [0.1, 0.15) is 0 Å². The summed E-state index contributed by atoms with van der Waals surface area (Å²) in [6.45, 7) is 3.39. The van der Waals surface area contributed by atoms with Crippen LogP contribution in [0.25, 0.3) is 0 Å². The Morgan fingerprint density at radius 2 is 2.17 bits per heavy atom. The highest BCUT2D eigenvalue weighted by Crippen LogP contribution is 2.22. The summed E-state index contributed by atoms with van der Waals surface area (Å²) in [5.41, 5.74) is 6.85. The zero-order valence-corrected chi connectivity index (χ0v) is 12.0. The molecule has 1 aliphatic heterocycles. The fourth-order valence-electron chi connectivity index (χ4n) is 2.03. The molecule has 18 heavy (non-hydrogen) atoms. The van der Waals surface area contributed by atoms with E-state index in [1.54, 1.807) is 0 Å². The number of nitrogens with two attached hydrogens (primary N) is 1. The maximum Gasteiger partial charge on any atom is 0.318 e. The Morgan fingerprint density at radius 1 is 1.50 bits per heavy atom. The molecule has 1 aromatic carbocycles. The summed E-state index contributed by atoms with van der Waals surface area (Å²) in [6, 6.07) is 8.26. The summed E-state index contributed by atoms with van der Waals surface area (Å²) < 4.78 is 1.05. The second-order valence-electron chi connectivity index (χ2n) is 4.77. The van der Waals surface area contributed by atoms with Gasteiger partial charge >= 0.3 is 6.03 Å². The van der Waals surface area contributed by atoms with E-state index in [0.29, 0.717) is 6.54 Å². The molecule has 1 aliphatic rings. The van der Waals surface area contributed by atoms with Gasteiger partial charge in [-0.3, -0.25) is 0 Å². The molecule has 2 atom stereocenters. The Bertz CT molecular complexity index is 419. The Morgan fingerprint density at radius 3 is 2.78 bits per heavy atom. The minimum absolute atomic E-state index is 0.00330. The van der Waals surface area contributed by atoms with E-state index in [2.05, 4.69) is 21.2 Å². The fraction of sp³-hybridized carbons (Fsp3) is 0.462. The SMILES string of the molecule is CC(N)CCN1CC(c2ccc(Br)cc2)NC1=O. The molecule has 2 unspecified atom stereocenters. The molecule has 5 heteroatoms. The second-order valence-corrected chi connectivity index (χ2v) is 5.68. The van der Waals surface area contributed by atoms with Crippen LogP contribution in [-0.2, 0) is 0 Å². The highest BCUT2D eigenvalue weighted by molar-refractivity contribution is 9.10. The van der Waals surface area contributed by atoms with Gasteiger partial charge in [-0.05, 0) is 31.0 Å². The van der Waals surface area contributed by atoms with Crippen LogP contribution in [0.15, 0.2) is 28.7 Å². The summed E-state index contributed by atoms with van der Waals surface area (Å²) in [5.74, 6) is 0. The molecule has 1 heterocycles. The van der Waals surface area contributed by atoms with Crippen molar-refractivity contribution < 1.29 is 4.79 Å². The van der Waals surface area contributed by atoms with Crippen molar-refractivity contribution >= 4 is 22.0 Å². The normalized spacial score (nSPS) is 20.9. The number of urea groups is 1. The van der Waals surface area contributed by atoms with E-state index >= 15 is 0 Å². The number of nitrogens with zero attached hydrogens (tertiary/aromatic N) is 1. The molecular weight excluding hydrogens is 294 g/mol. The van der Waals surface area contributed by atoms with Crippen LogP contribution >= 0.6 is 15.9 Å². The molecule has 2 rings (SSSR count). The third-order valence-electron chi connectivity index (χ3n) is 3.11. The van der Waals surface area contributed by atoms with Crippen LogP contribution in [0.2, 0.25) is 0 Å². The monoisotopic (exact) mass is 311 g/mol. The van der Waals surface area contributed by atoms with Crippen LogP contribution in [-0.4, -0.2) is 30.1 Å². The molecule has 0 aromatic heterocycles. The Kier molecular flexibility index (Phi) is 4.24. The van der Waals surface area contributed by atoms with Gasteiger partial charge in [-0.1, -0.05) is 28.1 Å². The van der Waals surface area contributed by atoms with Gasteiger partial charge in [0.2, 0.25) is 0 Å². The molecule has 1 fully saturated rings. The number of carbonyl (C=O) groups is 1. The lowest BCUT2D eigenvalue weighted by atomic mass is 10.1. The van der Waals surface area contributed by atoms with Crippen LogP contribution in [0.3, 0.4) is 0 Å². The average molecular weight is 312 g/mol. The predicted octanol–water partition coefficient (Wildman–Crippen LogP) is 2.25. The molecule has 0 bridgehead atoms. The summed E-state index contributed by atoms with van der Waals surface area (Å²) in [4.78, 5) is 13.6. The molecule has 0 radical (unpaired) electrons. The first kappa shape index (κ1) is 13.4. The summed E-state index contributed by atoms with van der Waals surface area (Å²) in [6.07, 6.45) is 0.834. The average Bonchev–Trinajstić information content (AvgIpc) is 2.69. The number of hydrogen-bond acceptors (Lipinski definition) is 2. The Labute approximate surface area is 116 Å². The Hall–Kier alpha value is -1.07. The van der Waals surface area contributed by atoms with Gasteiger partial charge in [-0.15, -0.1) is 0 Å². The molecule has 0 aliphatic carbocycles. The van der Waals surface area contributed by atoms with Crippen molar-refractivity contribution in [1.29, 1.82) is 0 Å². The van der Waals surface area contributed by atoms with Crippen LogP contribution in [0.5, 0.6) is 0 Å². The number of rotatable bonds is 4. The largest absolute Gasteiger partial charge is 0.329 e. The molecule has 1 aromatic rings. The molecule has 2 amide bonds. The van der Waals surface area contributed by atoms with Gasteiger partial charge in [-0.2, -0.15) is 0 Å². The van der Waals surface area contributed by atoms with Gasteiger partial charge in [-0.25, -0.2) is 4.79 Å². The first-order valence-corrected chi connectivity index (χ1v) is 6.92. The first-order valence-electron chi connectivity index (χ1n) is 6.13. The van der Waals surface area contributed by atoms with Gasteiger partial charge in [0.25, 0.3) is 0 Å². The van der Waals surface area contributed by atoms with Crippen molar-refractivity contribution in [2.24, 2.45) is 5.73 Å². The maximum atomic E-state index is 11.8. The lowest BCUT2D eigenvalue weighted by molar-refractivity contribution is 0.216. The number of nitrogens with one attached hydrogen (secondary N) is 1. The van der Waals surface area contributed by atoms with E-state index in [9.17, 15) is 4.79 Å². The van der Waals surface area contributed by atoms with Gasteiger partial charge in [0, 0.05) is 23.6 Å². The number of hydrogen-bond donors (Lipinski definition) is 2. The second kappa shape index (κ2) is 5.71. The highest BCUT2D eigenvalue weighted by Gasteiger charge is 2.29. The maximum absolute atomic E-state index is 11.8. The van der Waals surface area contributed by atoms with Crippen LogP contribution in [0, 0.1) is 0 Å². The lowest BCUT2D eigenvalue weighted by Crippen LogP contribution is -2.32. The number of halogens is 1. The minimum atomic E-state index is 0.00330. The van der Waals surface area contributed by atoms with Crippen molar-refractivity contribution in [2.75, 3.05) is 13.1 Å². The predicted molar refractivity (Wildman–Crippen MR) is 75.3 cm³/mol. The van der Waals surface area contributed by atoms with E-state index < -0.39 is 0 Å². The van der Waals surface area contributed by atoms with Crippen molar-refractivity contribution in [2.45, 2.75) is 25.4 Å². The molecular formula is C13H18BrN3O. The summed E-state index contributed by atoms with van der Waals surface area (Å²) in [7, 11) is 0. The van der Waals surface area contributed by atoms with E-state index in [-0.39, 0.29) is 18.1 Å². The van der Waals surface area contributed by atoms with Crippen LogP contribution in [0.1, 0.15) is 24.9 Å². The summed E-state index contributed by atoms with van der Waals surface area (Å²) in [5, 5.41) is 2.99. The zero-order chi connectivity index (χ0) is 13.1. The Balaban J connectivity index is 1.97. The van der Waals surface area contributed by atoms with Crippen LogP contribution in [0.4, 0.5) is 4.79 Å². The van der Waals surface area contributed by atoms with Gasteiger partial charge in [0.15, 0.2) is 0 Å². The van der Waals surface area contributed by atoms with E-state index in [0.717, 1.165) is 23.0 Å². The first-order chi connectivity index (χ1) is 8.56. The van der Waals surface area contributed by atoms with Crippen molar-refractivity contribution in [3.8, 4) is 0 Å². The smallest absolute Gasteiger partial charge is 0.318 e. The quantitative estimate of drug-likeness (QED) is 0.896. The topological polar surface area (TPSA) is 58.4 Å².